The van der Waals surface area contributed by atoms with E-state index in [1.807, 2.05) is 16.7 Å². The van der Waals surface area contributed by atoms with Gasteiger partial charge in [-0.05, 0) is 30.4 Å². The van der Waals surface area contributed by atoms with Crippen molar-refractivity contribution in [2.75, 3.05) is 6.54 Å². The molecule has 0 aliphatic heterocycles. The van der Waals surface area contributed by atoms with Crippen LogP contribution in [0.5, 0.6) is 0 Å². The van der Waals surface area contributed by atoms with Gasteiger partial charge >= 0.3 is 6.03 Å². The van der Waals surface area contributed by atoms with Crippen LogP contribution < -0.4 is 11.1 Å². The first-order valence-corrected chi connectivity index (χ1v) is 5.78. The van der Waals surface area contributed by atoms with Crippen LogP contribution in [0.15, 0.2) is 18.2 Å². The average Bonchev–Trinajstić information content (AvgIpc) is 2.55. The molecular formula is C10H11ClN4OS. The second-order valence-corrected chi connectivity index (χ2v) is 4.36. The molecule has 7 heteroatoms. The van der Waals surface area contributed by atoms with Crippen LogP contribution in [0, 0.1) is 4.77 Å². The molecule has 0 atom stereocenters. The van der Waals surface area contributed by atoms with Crippen LogP contribution in [0.25, 0.3) is 11.0 Å². The average molecular weight is 271 g/mol. The van der Waals surface area contributed by atoms with Crippen LogP contribution in [-0.2, 0) is 6.54 Å². The number of hydrogen-bond donors (Lipinski definition) is 3. The molecule has 1 aromatic carbocycles. The van der Waals surface area contributed by atoms with Gasteiger partial charge in [-0.15, -0.1) is 0 Å². The second-order valence-electron chi connectivity index (χ2n) is 3.53. The lowest BCUT2D eigenvalue weighted by molar-refractivity contribution is 0.248. The zero-order valence-corrected chi connectivity index (χ0v) is 10.4. The molecule has 4 N–H and O–H groups in total. The number of imidazole rings is 1. The predicted octanol–water partition coefficient (Wildman–Crippen LogP) is 2.02. The highest BCUT2D eigenvalue weighted by molar-refractivity contribution is 7.71. The Balaban J connectivity index is 2.32. The summed E-state index contributed by atoms with van der Waals surface area (Å²) in [5, 5.41) is 3.16. The van der Waals surface area contributed by atoms with E-state index < -0.39 is 6.03 Å². The van der Waals surface area contributed by atoms with E-state index >= 15 is 0 Å². The Kier molecular flexibility index (Phi) is 3.35. The van der Waals surface area contributed by atoms with E-state index in [1.165, 1.54) is 0 Å². The van der Waals surface area contributed by atoms with Crippen molar-refractivity contribution in [2.45, 2.75) is 6.54 Å². The minimum absolute atomic E-state index is 0.420. The number of aromatic amines is 1. The Hall–Kier alpha value is -1.53. The molecule has 2 rings (SSSR count). The van der Waals surface area contributed by atoms with E-state index in [2.05, 4.69) is 10.3 Å². The smallest absolute Gasteiger partial charge is 0.312 e. The van der Waals surface area contributed by atoms with Crippen molar-refractivity contribution >= 4 is 40.9 Å². The van der Waals surface area contributed by atoms with Gasteiger partial charge in [-0.1, -0.05) is 11.6 Å². The van der Waals surface area contributed by atoms with Crippen LogP contribution in [0.4, 0.5) is 4.79 Å². The minimum atomic E-state index is -0.547. The van der Waals surface area contributed by atoms with Crippen molar-refractivity contribution < 1.29 is 4.79 Å². The maximum absolute atomic E-state index is 10.6. The number of urea groups is 1. The molecule has 0 radical (unpaired) electrons. The quantitative estimate of drug-likeness (QED) is 0.747. The summed E-state index contributed by atoms with van der Waals surface area (Å²) in [6, 6.07) is 4.94. The number of benzene rings is 1. The molecule has 0 saturated carbocycles. The fourth-order valence-corrected chi connectivity index (χ4v) is 2.10. The number of nitrogens with two attached hydrogens (primary N) is 1. The van der Waals surface area contributed by atoms with Gasteiger partial charge < -0.3 is 20.6 Å². The summed E-state index contributed by atoms with van der Waals surface area (Å²) in [5.41, 5.74) is 6.82. The monoisotopic (exact) mass is 270 g/mol. The van der Waals surface area contributed by atoms with E-state index in [9.17, 15) is 4.79 Å². The molecule has 0 spiro atoms. The van der Waals surface area contributed by atoms with Gasteiger partial charge in [0.05, 0.1) is 11.0 Å². The summed E-state index contributed by atoms with van der Waals surface area (Å²) in [6.45, 7) is 0.964. The molecule has 90 valence electrons. The van der Waals surface area contributed by atoms with Crippen LogP contribution in [0.1, 0.15) is 0 Å². The summed E-state index contributed by atoms with van der Waals surface area (Å²) in [6.07, 6.45) is 0. The van der Waals surface area contributed by atoms with E-state index in [0.29, 0.717) is 22.9 Å². The number of carbonyl (C=O) groups is 1. The Morgan fingerprint density at radius 1 is 1.59 bits per heavy atom. The SMILES string of the molecule is NC(=O)NCCn1c(=S)[nH]c2ccc(Cl)cc21. The lowest BCUT2D eigenvalue weighted by atomic mass is 10.3. The molecule has 2 amide bonds. The lowest BCUT2D eigenvalue weighted by Gasteiger charge is -2.05. The Morgan fingerprint density at radius 3 is 3.06 bits per heavy atom. The molecule has 5 nitrogen and oxygen atoms in total. The Morgan fingerprint density at radius 2 is 2.35 bits per heavy atom. The van der Waals surface area contributed by atoms with Gasteiger partial charge in [-0.3, -0.25) is 0 Å². The molecule has 0 unspecified atom stereocenters. The van der Waals surface area contributed by atoms with Crippen LogP contribution in [-0.4, -0.2) is 22.1 Å². The van der Waals surface area contributed by atoms with E-state index in [4.69, 9.17) is 29.6 Å². The summed E-state index contributed by atoms with van der Waals surface area (Å²) >= 11 is 11.1. The van der Waals surface area contributed by atoms with Crippen LogP contribution >= 0.6 is 23.8 Å². The topological polar surface area (TPSA) is 75.8 Å². The highest BCUT2D eigenvalue weighted by Crippen LogP contribution is 2.18. The fraction of sp³-hybridized carbons (Fsp3) is 0.200. The zero-order valence-electron chi connectivity index (χ0n) is 8.87. The Bertz CT molecular complexity index is 618. The summed E-state index contributed by atoms with van der Waals surface area (Å²) in [4.78, 5) is 13.6. The molecule has 17 heavy (non-hydrogen) atoms. The molecule has 2 aromatic rings. The molecule has 0 bridgehead atoms. The molecule has 0 fully saturated rings. The first-order chi connectivity index (χ1) is 8.08. The third kappa shape index (κ3) is 2.59. The van der Waals surface area contributed by atoms with E-state index in [0.717, 1.165) is 11.0 Å². The number of amides is 2. The van der Waals surface area contributed by atoms with Crippen LogP contribution in [0.2, 0.25) is 5.02 Å². The first-order valence-electron chi connectivity index (χ1n) is 4.99. The summed E-state index contributed by atoms with van der Waals surface area (Å²) in [5.74, 6) is 0. The van der Waals surface area contributed by atoms with Crippen molar-refractivity contribution in [1.29, 1.82) is 0 Å². The number of nitrogens with zero attached hydrogens (tertiary/aromatic N) is 1. The highest BCUT2D eigenvalue weighted by Gasteiger charge is 2.04. The largest absolute Gasteiger partial charge is 0.352 e. The third-order valence-electron chi connectivity index (χ3n) is 2.37. The second kappa shape index (κ2) is 4.77. The van der Waals surface area contributed by atoms with Gasteiger partial charge in [0.15, 0.2) is 4.77 Å². The fourth-order valence-electron chi connectivity index (χ4n) is 1.64. The van der Waals surface area contributed by atoms with Crippen LogP contribution in [0.3, 0.4) is 0 Å². The van der Waals surface area contributed by atoms with Gasteiger partial charge in [0.1, 0.15) is 0 Å². The number of aromatic nitrogens is 2. The maximum Gasteiger partial charge on any atom is 0.312 e. The van der Waals surface area contributed by atoms with Crippen molar-refractivity contribution in [2.24, 2.45) is 5.73 Å². The van der Waals surface area contributed by atoms with Crippen molar-refractivity contribution in [3.63, 3.8) is 0 Å². The number of H-pyrrole nitrogens is 1. The van der Waals surface area contributed by atoms with Gasteiger partial charge in [-0.2, -0.15) is 0 Å². The predicted molar refractivity (Wildman–Crippen MR) is 69.7 cm³/mol. The lowest BCUT2D eigenvalue weighted by Crippen LogP contribution is -2.32. The molecular weight excluding hydrogens is 260 g/mol. The normalized spacial score (nSPS) is 10.6. The number of halogens is 1. The Labute approximate surface area is 108 Å². The van der Waals surface area contributed by atoms with Gasteiger partial charge in [0, 0.05) is 18.1 Å². The molecule has 0 saturated heterocycles. The number of carbonyl (C=O) groups excluding carboxylic acids is 1. The summed E-state index contributed by atoms with van der Waals surface area (Å²) in [7, 11) is 0. The van der Waals surface area contributed by atoms with E-state index in [-0.39, 0.29) is 0 Å². The maximum atomic E-state index is 10.6. The van der Waals surface area contributed by atoms with Crippen molar-refractivity contribution in [3.05, 3.63) is 28.0 Å². The van der Waals surface area contributed by atoms with Gasteiger partial charge in [-0.25, -0.2) is 4.79 Å². The number of rotatable bonds is 3. The molecule has 0 aliphatic rings. The van der Waals surface area contributed by atoms with Crippen molar-refractivity contribution in [1.82, 2.24) is 14.9 Å². The molecule has 1 heterocycles. The van der Waals surface area contributed by atoms with Gasteiger partial charge in [0.25, 0.3) is 0 Å². The minimum Gasteiger partial charge on any atom is -0.352 e. The first kappa shape index (κ1) is 11.9. The number of nitrogens with one attached hydrogen (secondary N) is 2. The number of primary amides is 1. The van der Waals surface area contributed by atoms with Crippen molar-refractivity contribution in [3.8, 4) is 0 Å². The molecule has 0 aliphatic carbocycles. The third-order valence-corrected chi connectivity index (χ3v) is 2.93. The van der Waals surface area contributed by atoms with E-state index in [1.54, 1.807) is 6.07 Å². The highest BCUT2D eigenvalue weighted by atomic mass is 35.5. The molecule has 1 aromatic heterocycles. The summed E-state index contributed by atoms with van der Waals surface area (Å²) < 4.78 is 2.46. The van der Waals surface area contributed by atoms with Gasteiger partial charge in [0.2, 0.25) is 0 Å². The number of hydrogen-bond acceptors (Lipinski definition) is 2. The number of fused-ring (bicyclic) bond motifs is 1. The standard InChI is InChI=1S/C10H11ClN4OS/c11-6-1-2-7-8(5-6)15(10(17)14-7)4-3-13-9(12)16/h1-2,5H,3-4H2,(H,14,17)(H3,12,13,16). The zero-order chi connectivity index (χ0) is 12.4.